The highest BCUT2D eigenvalue weighted by Gasteiger charge is 2.31. The number of sulfonamides is 1. The van der Waals surface area contributed by atoms with Crippen LogP contribution in [0.15, 0.2) is 71.6 Å². The van der Waals surface area contributed by atoms with E-state index >= 15 is 0 Å². The number of nitrogens with one attached hydrogen (secondary N) is 1. The molecule has 0 saturated heterocycles. The highest BCUT2D eigenvalue weighted by molar-refractivity contribution is 7.93. The first-order chi connectivity index (χ1) is 16.3. The molecule has 34 heavy (non-hydrogen) atoms. The molecular weight excluding hydrogens is 472 g/mol. The number of amides is 1. The van der Waals surface area contributed by atoms with Gasteiger partial charge in [-0.3, -0.25) is 9.10 Å². The zero-order valence-electron chi connectivity index (χ0n) is 19.1. The van der Waals surface area contributed by atoms with Crippen molar-refractivity contribution in [2.45, 2.75) is 37.1 Å². The summed E-state index contributed by atoms with van der Waals surface area (Å²) in [5.74, 6) is -0.168. The second kappa shape index (κ2) is 10.1. The van der Waals surface area contributed by atoms with Gasteiger partial charge in [-0.05, 0) is 79.3 Å². The van der Waals surface area contributed by atoms with Crippen LogP contribution in [0.5, 0.6) is 5.75 Å². The van der Waals surface area contributed by atoms with Gasteiger partial charge in [0.05, 0.1) is 18.8 Å². The number of nitrogens with zero attached hydrogens (tertiary/aromatic N) is 1. The number of hydrogen-bond donors (Lipinski definition) is 1. The predicted octanol–water partition coefficient (Wildman–Crippen LogP) is 5.05. The van der Waals surface area contributed by atoms with E-state index in [2.05, 4.69) is 11.4 Å². The molecule has 0 aliphatic heterocycles. The van der Waals surface area contributed by atoms with Crippen molar-refractivity contribution in [1.29, 1.82) is 0 Å². The Morgan fingerprint density at radius 1 is 1.12 bits per heavy atom. The lowest BCUT2D eigenvalue weighted by molar-refractivity contribution is -0.120. The van der Waals surface area contributed by atoms with Crippen LogP contribution in [0.1, 0.15) is 35.6 Å². The fourth-order valence-corrected chi connectivity index (χ4v) is 6.09. The van der Waals surface area contributed by atoms with Crippen molar-refractivity contribution < 1.29 is 17.9 Å². The molecule has 0 bridgehead atoms. The van der Waals surface area contributed by atoms with Gasteiger partial charge < -0.3 is 10.1 Å². The predicted molar refractivity (Wildman–Crippen MR) is 134 cm³/mol. The van der Waals surface area contributed by atoms with E-state index in [1.165, 1.54) is 12.7 Å². The summed E-state index contributed by atoms with van der Waals surface area (Å²) in [5, 5.41) is 3.52. The topological polar surface area (TPSA) is 75.7 Å². The first-order valence-electron chi connectivity index (χ1n) is 11.1. The van der Waals surface area contributed by atoms with E-state index in [0.717, 1.165) is 34.7 Å². The molecule has 3 aromatic rings. The molecule has 0 fully saturated rings. The Hall–Kier alpha value is -3.03. The van der Waals surface area contributed by atoms with Crippen LogP contribution in [0.3, 0.4) is 0 Å². The molecule has 0 unspecified atom stereocenters. The van der Waals surface area contributed by atoms with Gasteiger partial charge >= 0.3 is 0 Å². The van der Waals surface area contributed by atoms with Crippen molar-refractivity contribution in [3.8, 4) is 5.75 Å². The van der Waals surface area contributed by atoms with Crippen molar-refractivity contribution >= 4 is 33.2 Å². The molecule has 0 radical (unpaired) electrons. The second-order valence-corrected chi connectivity index (χ2v) is 10.6. The van der Waals surface area contributed by atoms with E-state index in [1.807, 2.05) is 18.2 Å². The monoisotopic (exact) mass is 498 g/mol. The second-order valence-electron chi connectivity index (χ2n) is 8.35. The number of anilines is 1. The highest BCUT2D eigenvalue weighted by Crippen LogP contribution is 2.32. The number of ether oxygens (including phenoxy) is 1. The van der Waals surface area contributed by atoms with Gasteiger partial charge in [-0.25, -0.2) is 8.42 Å². The summed E-state index contributed by atoms with van der Waals surface area (Å²) >= 11 is 6.03. The smallest absolute Gasteiger partial charge is 0.268 e. The van der Waals surface area contributed by atoms with Crippen LogP contribution in [0, 0.1) is 6.92 Å². The molecule has 1 aliphatic rings. The number of benzene rings is 3. The summed E-state index contributed by atoms with van der Waals surface area (Å²) in [6, 6.07) is 19.2. The summed E-state index contributed by atoms with van der Waals surface area (Å²) in [5.41, 5.74) is 3.40. The number of halogens is 1. The minimum absolute atomic E-state index is 0.000706. The van der Waals surface area contributed by atoms with E-state index in [1.54, 1.807) is 49.4 Å². The van der Waals surface area contributed by atoms with Crippen molar-refractivity contribution in [3.63, 3.8) is 0 Å². The zero-order chi connectivity index (χ0) is 24.3. The maximum Gasteiger partial charge on any atom is 0.268 e. The van der Waals surface area contributed by atoms with Crippen LogP contribution in [-0.4, -0.2) is 28.0 Å². The van der Waals surface area contributed by atoms with E-state index in [9.17, 15) is 13.2 Å². The molecule has 1 N–H and O–H groups in total. The Kier molecular flexibility index (Phi) is 7.14. The Labute approximate surface area is 205 Å². The number of hydrogen-bond acceptors (Lipinski definition) is 4. The maximum atomic E-state index is 13.8. The lowest BCUT2D eigenvalue weighted by Gasteiger charge is -2.29. The summed E-state index contributed by atoms with van der Waals surface area (Å²) in [4.78, 5) is 13.2. The van der Waals surface area contributed by atoms with Gasteiger partial charge in [0.15, 0.2) is 0 Å². The van der Waals surface area contributed by atoms with Gasteiger partial charge in [0.25, 0.3) is 10.0 Å². The van der Waals surface area contributed by atoms with Gasteiger partial charge in [-0.15, -0.1) is 0 Å². The van der Waals surface area contributed by atoms with Gasteiger partial charge in [0.1, 0.15) is 17.2 Å². The lowest BCUT2D eigenvalue weighted by Crippen LogP contribution is -2.42. The van der Waals surface area contributed by atoms with Crippen LogP contribution < -0.4 is 14.4 Å². The van der Waals surface area contributed by atoms with Crippen LogP contribution in [0.2, 0.25) is 5.02 Å². The number of methoxy groups -OCH3 is 1. The Bertz CT molecular complexity index is 1290. The minimum atomic E-state index is -4.12. The molecule has 178 valence electrons. The van der Waals surface area contributed by atoms with Crippen LogP contribution in [-0.2, 0) is 21.2 Å². The molecular formula is C26H27ClN2O4S. The Morgan fingerprint density at radius 2 is 1.85 bits per heavy atom. The highest BCUT2D eigenvalue weighted by atomic mass is 35.5. The number of aryl methyl sites for hydroxylation is 2. The van der Waals surface area contributed by atoms with E-state index in [4.69, 9.17) is 16.3 Å². The van der Waals surface area contributed by atoms with Crippen LogP contribution in [0.4, 0.5) is 5.69 Å². The third-order valence-corrected chi connectivity index (χ3v) is 8.04. The third-order valence-electron chi connectivity index (χ3n) is 5.99. The molecule has 4 rings (SSSR count). The first-order valence-corrected chi connectivity index (χ1v) is 12.9. The lowest BCUT2D eigenvalue weighted by atomic mass is 9.88. The summed E-state index contributed by atoms with van der Waals surface area (Å²) in [7, 11) is -2.70. The summed E-state index contributed by atoms with van der Waals surface area (Å²) < 4.78 is 34.0. The molecule has 0 saturated carbocycles. The van der Waals surface area contributed by atoms with Crippen LogP contribution >= 0.6 is 11.6 Å². The molecule has 0 heterocycles. The molecule has 1 atom stereocenters. The van der Waals surface area contributed by atoms with E-state index < -0.39 is 10.0 Å². The standard InChI is InChI=1S/C26H27ClN2O4S/c1-18-10-15-24(33-2)25(16-18)34(31,32)29(21-13-11-20(27)12-14-21)17-26(30)28-23-9-5-7-19-6-3-4-8-22(19)23/h3-4,6,8,10-16,23H,5,7,9,17H2,1-2H3,(H,28,30)/t23-/m1/s1. The Morgan fingerprint density at radius 3 is 2.59 bits per heavy atom. The fraction of sp³-hybridized carbons (Fsp3) is 0.269. The van der Waals surface area contributed by atoms with Crippen molar-refractivity contribution in [2.24, 2.45) is 0 Å². The van der Waals surface area contributed by atoms with Crippen LogP contribution in [0.25, 0.3) is 0 Å². The number of rotatable bonds is 7. The van der Waals surface area contributed by atoms with Gasteiger partial charge in [-0.1, -0.05) is 41.9 Å². The SMILES string of the molecule is COc1ccc(C)cc1S(=O)(=O)N(CC(=O)N[C@@H]1CCCc2ccccc21)c1ccc(Cl)cc1. The number of carbonyl (C=O) groups excluding carboxylic acids is 1. The maximum absolute atomic E-state index is 13.8. The van der Waals surface area contributed by atoms with E-state index in [-0.39, 0.29) is 29.1 Å². The van der Waals surface area contributed by atoms with Crippen molar-refractivity contribution in [3.05, 3.63) is 88.4 Å². The average Bonchev–Trinajstić information content (AvgIpc) is 2.83. The zero-order valence-corrected chi connectivity index (χ0v) is 20.7. The number of carbonyl (C=O) groups is 1. The molecule has 1 aliphatic carbocycles. The van der Waals surface area contributed by atoms with Crippen molar-refractivity contribution in [2.75, 3.05) is 18.0 Å². The molecule has 6 nitrogen and oxygen atoms in total. The summed E-state index contributed by atoms with van der Waals surface area (Å²) in [6.07, 6.45) is 2.74. The molecule has 1 amide bonds. The minimum Gasteiger partial charge on any atom is -0.495 e. The molecule has 3 aromatic carbocycles. The van der Waals surface area contributed by atoms with Crippen molar-refractivity contribution in [1.82, 2.24) is 5.32 Å². The fourth-order valence-electron chi connectivity index (χ4n) is 4.30. The third kappa shape index (κ3) is 5.05. The molecule has 0 spiro atoms. The normalized spacial score (nSPS) is 15.3. The first kappa shape index (κ1) is 24.1. The summed E-state index contributed by atoms with van der Waals surface area (Å²) in [6.45, 7) is 1.43. The number of fused-ring (bicyclic) bond motifs is 1. The molecule has 8 heteroatoms. The van der Waals surface area contributed by atoms with Gasteiger partial charge in [0, 0.05) is 5.02 Å². The van der Waals surface area contributed by atoms with Gasteiger partial charge in [0.2, 0.25) is 5.91 Å². The Balaban J connectivity index is 1.67. The quantitative estimate of drug-likeness (QED) is 0.494. The van der Waals surface area contributed by atoms with E-state index in [0.29, 0.717) is 10.7 Å². The largest absolute Gasteiger partial charge is 0.495 e. The molecule has 0 aromatic heterocycles. The average molecular weight is 499 g/mol. The van der Waals surface area contributed by atoms with Gasteiger partial charge in [-0.2, -0.15) is 0 Å².